The van der Waals surface area contributed by atoms with E-state index in [1.165, 1.54) is 34.0 Å². The van der Waals surface area contributed by atoms with Crippen molar-refractivity contribution in [2.24, 2.45) is 0 Å². The fraction of sp³-hybridized carbons (Fsp3) is 0.345. The number of nitrogens with zero attached hydrogens (tertiary/aromatic N) is 1. The number of urea groups is 1. The zero-order chi connectivity index (χ0) is 23.7. The molecule has 0 spiro atoms. The molecule has 2 aliphatic rings. The van der Waals surface area contributed by atoms with Crippen molar-refractivity contribution >= 4 is 17.4 Å². The van der Waals surface area contributed by atoms with Gasteiger partial charge in [0.15, 0.2) is 0 Å². The molecular formula is C29H32FN3O. The van der Waals surface area contributed by atoms with E-state index in [0.717, 1.165) is 43.6 Å². The molecule has 2 amide bonds. The van der Waals surface area contributed by atoms with Crippen LogP contribution in [0.4, 0.5) is 20.6 Å². The molecule has 0 aromatic heterocycles. The third kappa shape index (κ3) is 4.39. The van der Waals surface area contributed by atoms with Gasteiger partial charge < -0.3 is 15.5 Å². The Kier molecular flexibility index (Phi) is 6.27. The van der Waals surface area contributed by atoms with E-state index in [0.29, 0.717) is 6.54 Å². The Labute approximate surface area is 201 Å². The predicted molar refractivity (Wildman–Crippen MR) is 136 cm³/mol. The minimum absolute atomic E-state index is 0.0948. The highest BCUT2D eigenvalue weighted by molar-refractivity contribution is 5.90. The first-order valence-electron chi connectivity index (χ1n) is 12.3. The van der Waals surface area contributed by atoms with Gasteiger partial charge in [-0.05, 0) is 72.7 Å². The fourth-order valence-corrected chi connectivity index (χ4v) is 5.58. The van der Waals surface area contributed by atoms with E-state index in [1.54, 1.807) is 12.1 Å². The number of hydrogen-bond acceptors (Lipinski definition) is 2. The average Bonchev–Trinajstić information content (AvgIpc) is 2.83. The van der Waals surface area contributed by atoms with E-state index in [1.807, 2.05) is 13.0 Å². The monoisotopic (exact) mass is 457 g/mol. The van der Waals surface area contributed by atoms with E-state index in [4.69, 9.17) is 0 Å². The maximum Gasteiger partial charge on any atom is 0.319 e. The van der Waals surface area contributed by atoms with Crippen molar-refractivity contribution in [2.75, 3.05) is 29.9 Å². The van der Waals surface area contributed by atoms with Gasteiger partial charge in [-0.25, -0.2) is 9.18 Å². The Morgan fingerprint density at radius 2 is 1.62 bits per heavy atom. The van der Waals surface area contributed by atoms with E-state index in [-0.39, 0.29) is 23.7 Å². The van der Waals surface area contributed by atoms with Crippen LogP contribution >= 0.6 is 0 Å². The van der Waals surface area contributed by atoms with Crippen LogP contribution in [-0.4, -0.2) is 25.7 Å². The van der Waals surface area contributed by atoms with Gasteiger partial charge in [0.1, 0.15) is 5.82 Å². The highest BCUT2D eigenvalue weighted by atomic mass is 19.1. The van der Waals surface area contributed by atoms with Gasteiger partial charge in [0.2, 0.25) is 0 Å². The summed E-state index contributed by atoms with van der Waals surface area (Å²) in [4.78, 5) is 15.0. The second kappa shape index (κ2) is 9.49. The third-order valence-electron chi connectivity index (χ3n) is 7.10. The normalized spacial score (nSPS) is 18.9. The molecule has 3 aromatic rings. The smallest absolute Gasteiger partial charge is 0.319 e. The minimum atomic E-state index is -0.209. The average molecular weight is 458 g/mol. The summed E-state index contributed by atoms with van der Waals surface area (Å²) in [7, 11) is 0. The Hall–Kier alpha value is -3.34. The van der Waals surface area contributed by atoms with Crippen LogP contribution in [-0.2, 0) is 0 Å². The lowest BCUT2D eigenvalue weighted by molar-refractivity contribution is 0.252. The van der Waals surface area contributed by atoms with E-state index in [2.05, 4.69) is 58.9 Å². The van der Waals surface area contributed by atoms with Crippen molar-refractivity contribution in [1.82, 2.24) is 5.32 Å². The van der Waals surface area contributed by atoms with Gasteiger partial charge >= 0.3 is 6.03 Å². The van der Waals surface area contributed by atoms with Crippen LogP contribution in [0.5, 0.6) is 0 Å². The van der Waals surface area contributed by atoms with Crippen molar-refractivity contribution in [1.29, 1.82) is 0 Å². The summed E-state index contributed by atoms with van der Waals surface area (Å²) in [6, 6.07) is 19.8. The summed E-state index contributed by atoms with van der Waals surface area (Å²) in [5.41, 5.74) is 8.04. The number of aryl methyl sites for hydroxylation is 1. The molecule has 2 atom stereocenters. The van der Waals surface area contributed by atoms with Gasteiger partial charge in [-0.15, -0.1) is 0 Å². The first-order chi connectivity index (χ1) is 16.5. The second-order valence-corrected chi connectivity index (χ2v) is 9.52. The standard InChI is InChI=1S/C29H32FN3O/c1-3-12-31-29(34)32-23-17-26-24(20-7-4-6-19(2)15-20)10-13-33-14-11-25(27(18-23)28(26)33)21-8-5-9-22(30)16-21/h4-9,15-18,24-25H,3,10-14H2,1-2H3,(H2,31,32,34)/t24-,25-/m0/s1. The van der Waals surface area contributed by atoms with Gasteiger partial charge in [-0.2, -0.15) is 0 Å². The largest absolute Gasteiger partial charge is 0.371 e. The fourth-order valence-electron chi connectivity index (χ4n) is 5.58. The van der Waals surface area contributed by atoms with Crippen LogP contribution < -0.4 is 15.5 Å². The SMILES string of the molecule is CCCNC(=O)Nc1cc2c3c(c1)[C@H](c1cccc(F)c1)CCN3CC[C@H]2c1cccc(C)c1. The molecule has 176 valence electrons. The minimum Gasteiger partial charge on any atom is -0.371 e. The zero-order valence-electron chi connectivity index (χ0n) is 19.9. The Morgan fingerprint density at radius 3 is 2.24 bits per heavy atom. The highest BCUT2D eigenvalue weighted by Crippen LogP contribution is 2.49. The van der Waals surface area contributed by atoms with Crippen LogP contribution in [0.3, 0.4) is 0 Å². The molecular weight excluding hydrogens is 425 g/mol. The van der Waals surface area contributed by atoms with Crippen LogP contribution in [0.15, 0.2) is 60.7 Å². The Morgan fingerprint density at radius 1 is 0.971 bits per heavy atom. The molecule has 0 radical (unpaired) electrons. The molecule has 2 heterocycles. The molecule has 0 bridgehead atoms. The van der Waals surface area contributed by atoms with Crippen molar-refractivity contribution in [3.63, 3.8) is 0 Å². The third-order valence-corrected chi connectivity index (χ3v) is 7.10. The van der Waals surface area contributed by atoms with Gasteiger partial charge in [-0.1, -0.05) is 48.9 Å². The number of carbonyl (C=O) groups is 1. The zero-order valence-corrected chi connectivity index (χ0v) is 19.9. The first-order valence-corrected chi connectivity index (χ1v) is 12.3. The van der Waals surface area contributed by atoms with Crippen molar-refractivity contribution in [3.05, 3.63) is 94.3 Å². The van der Waals surface area contributed by atoms with E-state index >= 15 is 0 Å². The summed E-state index contributed by atoms with van der Waals surface area (Å²) in [5, 5.41) is 5.98. The van der Waals surface area contributed by atoms with Crippen LogP contribution in [0.1, 0.15) is 65.8 Å². The van der Waals surface area contributed by atoms with E-state index < -0.39 is 0 Å². The highest BCUT2D eigenvalue weighted by Gasteiger charge is 2.35. The second-order valence-electron chi connectivity index (χ2n) is 9.52. The molecule has 2 N–H and O–H groups in total. The molecule has 34 heavy (non-hydrogen) atoms. The lowest BCUT2D eigenvalue weighted by Gasteiger charge is -2.43. The number of nitrogens with one attached hydrogen (secondary N) is 2. The van der Waals surface area contributed by atoms with Gasteiger partial charge in [0.25, 0.3) is 0 Å². The lowest BCUT2D eigenvalue weighted by Crippen LogP contribution is -2.38. The van der Waals surface area contributed by atoms with Crippen LogP contribution in [0.2, 0.25) is 0 Å². The summed E-state index contributed by atoms with van der Waals surface area (Å²) < 4.78 is 14.1. The molecule has 4 nitrogen and oxygen atoms in total. The number of carbonyl (C=O) groups excluding carboxylic acids is 1. The van der Waals surface area contributed by atoms with Crippen LogP contribution in [0.25, 0.3) is 0 Å². The first kappa shape index (κ1) is 22.5. The topological polar surface area (TPSA) is 44.4 Å². The molecule has 0 saturated carbocycles. The van der Waals surface area contributed by atoms with Gasteiger partial charge in [0, 0.05) is 42.8 Å². The van der Waals surface area contributed by atoms with Crippen molar-refractivity contribution in [3.8, 4) is 0 Å². The maximum absolute atomic E-state index is 14.1. The maximum atomic E-state index is 14.1. The molecule has 0 saturated heterocycles. The summed E-state index contributed by atoms with van der Waals surface area (Å²) in [5.74, 6) is 0.147. The molecule has 0 aliphatic carbocycles. The number of amides is 2. The summed E-state index contributed by atoms with van der Waals surface area (Å²) in [6.07, 6.45) is 2.84. The molecule has 3 aromatic carbocycles. The predicted octanol–water partition coefficient (Wildman–Crippen LogP) is 6.54. The number of halogens is 1. The molecule has 5 rings (SSSR count). The van der Waals surface area contributed by atoms with Crippen molar-refractivity contribution in [2.45, 2.75) is 44.9 Å². The summed E-state index contributed by atoms with van der Waals surface area (Å²) >= 11 is 0. The Balaban J connectivity index is 1.63. The molecule has 0 fully saturated rings. The number of benzene rings is 3. The summed E-state index contributed by atoms with van der Waals surface area (Å²) in [6.45, 7) is 6.75. The molecule has 0 unspecified atom stereocenters. The van der Waals surface area contributed by atoms with E-state index in [9.17, 15) is 9.18 Å². The molecule has 5 heteroatoms. The lowest BCUT2D eigenvalue weighted by atomic mass is 9.76. The van der Waals surface area contributed by atoms with Gasteiger partial charge in [0.05, 0.1) is 0 Å². The van der Waals surface area contributed by atoms with Crippen LogP contribution in [0, 0.1) is 12.7 Å². The number of hydrogen-bond donors (Lipinski definition) is 2. The quantitative estimate of drug-likeness (QED) is 0.457. The van der Waals surface area contributed by atoms with Crippen molar-refractivity contribution < 1.29 is 9.18 Å². The number of anilines is 2. The Bertz CT molecular complexity index is 1130. The number of rotatable bonds is 5. The molecule has 2 aliphatic heterocycles. The van der Waals surface area contributed by atoms with Gasteiger partial charge in [-0.3, -0.25) is 0 Å².